The van der Waals surface area contributed by atoms with Crippen molar-refractivity contribution in [3.8, 4) is 22.6 Å². The summed E-state index contributed by atoms with van der Waals surface area (Å²) in [4.78, 5) is 22.7. The second-order valence-electron chi connectivity index (χ2n) is 6.75. The van der Waals surface area contributed by atoms with Crippen LogP contribution in [0.25, 0.3) is 11.1 Å². The van der Waals surface area contributed by atoms with Crippen molar-refractivity contribution in [1.82, 2.24) is 0 Å². The SMILES string of the molecule is COc1cc(NC(=O)OCC2c3ccccc3-c3ccccc32)c(O)cc1[N+](=O)[O-]. The third-order valence-corrected chi connectivity index (χ3v) is 5.07. The summed E-state index contributed by atoms with van der Waals surface area (Å²) in [6, 6.07) is 18.0. The first-order valence-electron chi connectivity index (χ1n) is 9.17. The zero-order valence-electron chi connectivity index (χ0n) is 16.0. The van der Waals surface area contributed by atoms with Gasteiger partial charge < -0.3 is 14.6 Å². The lowest BCUT2D eigenvalue weighted by Gasteiger charge is -2.15. The number of ether oxygens (including phenoxy) is 2. The zero-order valence-corrected chi connectivity index (χ0v) is 16.0. The molecule has 30 heavy (non-hydrogen) atoms. The minimum absolute atomic E-state index is 0.0466. The second kappa shape index (κ2) is 7.75. The normalized spacial score (nSPS) is 12.0. The van der Waals surface area contributed by atoms with Gasteiger partial charge in [-0.3, -0.25) is 15.4 Å². The Morgan fingerprint density at radius 3 is 2.27 bits per heavy atom. The monoisotopic (exact) mass is 406 g/mol. The van der Waals surface area contributed by atoms with E-state index in [1.807, 2.05) is 48.5 Å². The molecule has 0 aliphatic heterocycles. The van der Waals surface area contributed by atoms with E-state index < -0.39 is 22.5 Å². The highest BCUT2D eigenvalue weighted by Crippen LogP contribution is 2.44. The number of benzene rings is 3. The van der Waals surface area contributed by atoms with Gasteiger partial charge in [-0.05, 0) is 22.3 Å². The van der Waals surface area contributed by atoms with Gasteiger partial charge in [0.2, 0.25) is 0 Å². The van der Waals surface area contributed by atoms with Crippen molar-refractivity contribution >= 4 is 17.5 Å². The molecular formula is C22H18N2O6. The van der Waals surface area contributed by atoms with Crippen LogP contribution in [0, 0.1) is 10.1 Å². The van der Waals surface area contributed by atoms with Crippen LogP contribution in [-0.4, -0.2) is 29.8 Å². The minimum atomic E-state index is -0.789. The highest BCUT2D eigenvalue weighted by atomic mass is 16.6. The molecule has 0 saturated heterocycles. The lowest BCUT2D eigenvalue weighted by molar-refractivity contribution is -0.385. The topological polar surface area (TPSA) is 111 Å². The fourth-order valence-corrected chi connectivity index (χ4v) is 3.71. The molecule has 8 nitrogen and oxygen atoms in total. The predicted octanol–water partition coefficient (Wildman–Crippen LogP) is 4.67. The average Bonchev–Trinajstić information content (AvgIpc) is 3.07. The molecule has 152 valence electrons. The van der Waals surface area contributed by atoms with E-state index in [1.165, 1.54) is 13.2 Å². The number of hydrogen-bond acceptors (Lipinski definition) is 6. The number of phenols is 1. The standard InChI is InChI=1S/C22H18N2O6/c1-29-21-10-18(20(25)11-19(21)24(27)28)23-22(26)30-12-17-15-8-4-2-6-13(15)14-7-3-5-9-16(14)17/h2-11,17,25H,12H2,1H3,(H,23,26). The van der Waals surface area contributed by atoms with Gasteiger partial charge >= 0.3 is 11.8 Å². The number of methoxy groups -OCH3 is 1. The van der Waals surface area contributed by atoms with Gasteiger partial charge in [-0.15, -0.1) is 0 Å². The van der Waals surface area contributed by atoms with Crippen molar-refractivity contribution in [3.05, 3.63) is 81.9 Å². The molecule has 1 aliphatic rings. The number of nitro benzene ring substituents is 1. The van der Waals surface area contributed by atoms with Crippen LogP contribution >= 0.6 is 0 Å². The molecule has 0 atom stereocenters. The Morgan fingerprint density at radius 1 is 1.10 bits per heavy atom. The molecule has 0 aromatic heterocycles. The number of nitro groups is 1. The lowest BCUT2D eigenvalue weighted by atomic mass is 9.98. The summed E-state index contributed by atoms with van der Waals surface area (Å²) in [5.74, 6) is -0.661. The maximum atomic E-state index is 12.3. The number of nitrogens with one attached hydrogen (secondary N) is 1. The van der Waals surface area contributed by atoms with E-state index in [-0.39, 0.29) is 24.0 Å². The number of amides is 1. The molecule has 0 radical (unpaired) electrons. The Kier molecular flexibility index (Phi) is 4.97. The van der Waals surface area contributed by atoms with Crippen molar-refractivity contribution in [2.75, 3.05) is 19.0 Å². The molecule has 2 N–H and O–H groups in total. The van der Waals surface area contributed by atoms with Gasteiger partial charge in [-0.1, -0.05) is 48.5 Å². The largest absolute Gasteiger partial charge is 0.505 e. The molecule has 0 fully saturated rings. The number of carbonyl (C=O) groups is 1. The number of rotatable bonds is 5. The third kappa shape index (κ3) is 3.39. The third-order valence-electron chi connectivity index (χ3n) is 5.07. The summed E-state index contributed by atoms with van der Waals surface area (Å²) in [5, 5.41) is 23.4. The first-order chi connectivity index (χ1) is 14.5. The average molecular weight is 406 g/mol. The Morgan fingerprint density at radius 2 is 1.70 bits per heavy atom. The van der Waals surface area contributed by atoms with E-state index in [4.69, 9.17) is 9.47 Å². The number of aromatic hydroxyl groups is 1. The fourth-order valence-electron chi connectivity index (χ4n) is 3.71. The van der Waals surface area contributed by atoms with Crippen LogP contribution in [0.3, 0.4) is 0 Å². The summed E-state index contributed by atoms with van der Waals surface area (Å²) in [5.41, 5.74) is 3.92. The molecule has 0 heterocycles. The van der Waals surface area contributed by atoms with E-state index in [0.29, 0.717) is 0 Å². The Bertz CT molecular complexity index is 1100. The van der Waals surface area contributed by atoms with Crippen molar-refractivity contribution in [3.63, 3.8) is 0 Å². The summed E-state index contributed by atoms with van der Waals surface area (Å²) in [6.07, 6.45) is -0.789. The van der Waals surface area contributed by atoms with Crippen LogP contribution in [0.15, 0.2) is 60.7 Å². The van der Waals surface area contributed by atoms with Crippen LogP contribution in [0.1, 0.15) is 17.0 Å². The van der Waals surface area contributed by atoms with Crippen LogP contribution in [0.4, 0.5) is 16.2 Å². The van der Waals surface area contributed by atoms with Crippen LogP contribution < -0.4 is 10.1 Å². The maximum absolute atomic E-state index is 12.3. The first-order valence-corrected chi connectivity index (χ1v) is 9.17. The van der Waals surface area contributed by atoms with Gasteiger partial charge in [0, 0.05) is 12.0 Å². The van der Waals surface area contributed by atoms with Crippen LogP contribution in [-0.2, 0) is 4.74 Å². The zero-order chi connectivity index (χ0) is 21.3. The molecule has 0 saturated carbocycles. The summed E-state index contributed by atoms with van der Waals surface area (Å²) < 4.78 is 10.4. The summed E-state index contributed by atoms with van der Waals surface area (Å²) in [6.45, 7) is 0.102. The molecule has 0 unspecified atom stereocenters. The molecule has 1 aliphatic carbocycles. The van der Waals surface area contributed by atoms with Crippen LogP contribution in [0.5, 0.6) is 11.5 Å². The minimum Gasteiger partial charge on any atom is -0.505 e. The summed E-state index contributed by atoms with van der Waals surface area (Å²) in [7, 11) is 1.26. The van der Waals surface area contributed by atoms with E-state index in [1.54, 1.807) is 0 Å². The molecule has 3 aromatic carbocycles. The van der Waals surface area contributed by atoms with E-state index in [2.05, 4.69) is 5.32 Å². The molecule has 8 heteroatoms. The van der Waals surface area contributed by atoms with E-state index >= 15 is 0 Å². The van der Waals surface area contributed by atoms with Gasteiger partial charge in [-0.2, -0.15) is 0 Å². The highest BCUT2D eigenvalue weighted by molar-refractivity contribution is 5.88. The van der Waals surface area contributed by atoms with E-state index in [9.17, 15) is 20.0 Å². The fraction of sp³-hybridized carbons (Fsp3) is 0.136. The summed E-state index contributed by atoms with van der Waals surface area (Å²) >= 11 is 0. The van der Waals surface area contributed by atoms with Crippen molar-refractivity contribution < 1.29 is 24.3 Å². The van der Waals surface area contributed by atoms with Crippen LogP contribution in [0.2, 0.25) is 0 Å². The smallest absolute Gasteiger partial charge is 0.411 e. The highest BCUT2D eigenvalue weighted by Gasteiger charge is 2.29. The number of phenolic OH excluding ortho intramolecular Hbond substituents is 1. The van der Waals surface area contributed by atoms with Gasteiger partial charge in [0.05, 0.1) is 23.8 Å². The molecule has 0 bridgehead atoms. The van der Waals surface area contributed by atoms with Gasteiger partial charge in [0.15, 0.2) is 5.75 Å². The molecule has 1 amide bonds. The molecule has 0 spiro atoms. The maximum Gasteiger partial charge on any atom is 0.411 e. The van der Waals surface area contributed by atoms with Crippen molar-refractivity contribution in [1.29, 1.82) is 0 Å². The number of fused-ring (bicyclic) bond motifs is 3. The lowest BCUT2D eigenvalue weighted by Crippen LogP contribution is -2.18. The number of anilines is 1. The Hall–Kier alpha value is -4.07. The van der Waals surface area contributed by atoms with Crippen molar-refractivity contribution in [2.45, 2.75) is 5.92 Å². The van der Waals surface area contributed by atoms with Crippen molar-refractivity contribution in [2.24, 2.45) is 0 Å². The molecular weight excluding hydrogens is 388 g/mol. The second-order valence-corrected chi connectivity index (χ2v) is 6.75. The molecule has 3 aromatic rings. The quantitative estimate of drug-likeness (QED) is 0.362. The Balaban J connectivity index is 1.51. The number of hydrogen-bond donors (Lipinski definition) is 2. The van der Waals surface area contributed by atoms with Gasteiger partial charge in [0.25, 0.3) is 0 Å². The first kappa shape index (κ1) is 19.3. The number of carbonyl (C=O) groups excluding carboxylic acids is 1. The Labute approximate surface area is 171 Å². The van der Waals surface area contributed by atoms with Gasteiger partial charge in [0.1, 0.15) is 12.4 Å². The number of nitrogens with zero attached hydrogens (tertiary/aromatic N) is 1. The predicted molar refractivity (Wildman–Crippen MR) is 110 cm³/mol. The molecule has 4 rings (SSSR count). The van der Waals surface area contributed by atoms with Gasteiger partial charge in [-0.25, -0.2) is 4.79 Å². The van der Waals surface area contributed by atoms with E-state index in [0.717, 1.165) is 28.3 Å².